The van der Waals surface area contributed by atoms with Gasteiger partial charge in [0, 0.05) is 0 Å². The maximum absolute atomic E-state index is 10.1. The molecule has 0 fully saturated rings. The highest BCUT2D eigenvalue weighted by Crippen LogP contribution is 2.13. The van der Waals surface area contributed by atoms with Crippen LogP contribution in [-0.4, -0.2) is 11.0 Å². The van der Waals surface area contributed by atoms with E-state index in [4.69, 9.17) is 10.3 Å². The molecule has 0 aliphatic rings. The highest BCUT2D eigenvalue weighted by molar-refractivity contribution is 7.41. The third-order valence-electron chi connectivity index (χ3n) is 0.622. The fraction of sp³-hybridized carbons (Fsp3) is 0.250. The molecule has 0 rings (SSSR count). The molecule has 0 heterocycles. The molecule has 56 valence electrons. The molecule has 6 heteroatoms. The number of aliphatic hydroxyl groups is 1. The number of hydrogen-bond acceptors (Lipinski definition) is 4. The summed E-state index contributed by atoms with van der Waals surface area (Å²) < 4.78 is 0. The van der Waals surface area contributed by atoms with Crippen molar-refractivity contribution in [1.82, 2.24) is 0 Å². The Bertz CT molecular complexity index is 189. The van der Waals surface area contributed by atoms with Crippen molar-refractivity contribution >= 4 is 13.8 Å². The van der Waals surface area contributed by atoms with Crippen molar-refractivity contribution in [2.75, 3.05) is 0 Å². The van der Waals surface area contributed by atoms with Crippen molar-refractivity contribution in [1.29, 1.82) is 5.16 Å². The van der Waals surface area contributed by atoms with E-state index >= 15 is 0 Å². The van der Waals surface area contributed by atoms with E-state index in [0.29, 0.717) is 0 Å². The minimum Gasteiger partial charge on any atom is -0.608 e. The van der Waals surface area contributed by atoms with Crippen molar-refractivity contribution in [3.05, 3.63) is 11.6 Å². The van der Waals surface area contributed by atoms with E-state index in [0.717, 1.165) is 5.82 Å². The van der Waals surface area contributed by atoms with Crippen LogP contribution in [0.15, 0.2) is 11.6 Å². The van der Waals surface area contributed by atoms with Gasteiger partial charge in [-0.25, -0.2) is 0 Å². The van der Waals surface area contributed by atoms with Gasteiger partial charge in [-0.2, -0.15) is 0 Å². The Balaban J connectivity index is 3.95. The molecule has 0 aliphatic heterocycles. The average molecular weight is 162 g/mol. The number of nitrogens with two attached hydrogens (primary N) is 1. The summed E-state index contributed by atoms with van der Waals surface area (Å²) in [6, 6.07) is 0. The van der Waals surface area contributed by atoms with Gasteiger partial charge in [0.05, 0.1) is 6.42 Å². The number of carbonyl (C=O) groups excluding carboxylic acids is 1. The highest BCUT2D eigenvalue weighted by atomic mass is 31.1. The molecule has 0 saturated heterocycles. The van der Waals surface area contributed by atoms with Crippen LogP contribution in [0.2, 0.25) is 0 Å². The molecule has 0 radical (unpaired) electrons. The van der Waals surface area contributed by atoms with Crippen molar-refractivity contribution in [3.8, 4) is 0 Å². The van der Waals surface area contributed by atoms with Gasteiger partial charge in [0.15, 0.2) is 13.8 Å². The van der Waals surface area contributed by atoms with E-state index in [-0.39, 0.29) is 6.42 Å². The Morgan fingerprint density at radius 2 is 2.40 bits per heavy atom. The number of hydrogen-bond donors (Lipinski definition) is 3. The smallest absolute Gasteiger partial charge is 0.225 e. The number of nitrogens with one attached hydrogen (secondary N) is 1. The summed E-state index contributed by atoms with van der Waals surface area (Å²) in [5.74, 6) is -0.352. The molecule has 0 aromatic heterocycles. The average Bonchev–Trinajstić information content (AvgIpc) is 1.58. The van der Waals surface area contributed by atoms with Crippen LogP contribution in [0.4, 0.5) is 0 Å². The molecule has 1 atom stereocenters. The third kappa shape index (κ3) is 5.21. The standard InChI is InChI=1S/C4H7N2O3P/c5-4(8)1-3(7)2-10(6)9/h2,6-7H,1H2,(H2,5,8)/b3-2+. The van der Waals surface area contributed by atoms with Crippen LogP contribution in [0.1, 0.15) is 6.42 Å². The van der Waals surface area contributed by atoms with Gasteiger partial charge in [-0.3, -0.25) is 4.79 Å². The molecule has 0 aromatic rings. The van der Waals surface area contributed by atoms with E-state index in [1.54, 1.807) is 0 Å². The molecule has 10 heavy (non-hydrogen) atoms. The first-order chi connectivity index (χ1) is 4.52. The summed E-state index contributed by atoms with van der Waals surface area (Å²) in [7, 11) is -2.29. The Kier molecular flexibility index (Phi) is 3.61. The Labute approximate surface area is 58.5 Å². The zero-order valence-electron chi connectivity index (χ0n) is 5.07. The van der Waals surface area contributed by atoms with Crippen LogP contribution < -0.4 is 10.6 Å². The van der Waals surface area contributed by atoms with Crippen LogP contribution in [0.25, 0.3) is 0 Å². The van der Waals surface area contributed by atoms with E-state index in [1.165, 1.54) is 0 Å². The van der Waals surface area contributed by atoms with Crippen LogP contribution in [0.3, 0.4) is 0 Å². The second-order valence-electron chi connectivity index (χ2n) is 1.59. The van der Waals surface area contributed by atoms with Crippen LogP contribution in [-0.2, 0) is 4.79 Å². The number of aliphatic hydroxyl groups excluding tert-OH is 1. The van der Waals surface area contributed by atoms with E-state index in [1.807, 2.05) is 0 Å². The molecular formula is C4H7N2O3P. The number of carbonyl (C=O) groups is 1. The normalized spacial score (nSPS) is 12.9. The van der Waals surface area contributed by atoms with Crippen LogP contribution >= 0.6 is 7.94 Å². The van der Waals surface area contributed by atoms with Crippen LogP contribution in [0.5, 0.6) is 0 Å². The Hall–Kier alpha value is -0.930. The summed E-state index contributed by atoms with van der Waals surface area (Å²) in [4.78, 5) is 20.1. The fourth-order valence-electron chi connectivity index (χ4n) is 0.360. The first kappa shape index (κ1) is 9.07. The number of amides is 1. The largest absolute Gasteiger partial charge is 0.608 e. The number of primary amides is 1. The summed E-state index contributed by atoms with van der Waals surface area (Å²) >= 11 is 0. The lowest BCUT2D eigenvalue weighted by atomic mass is 10.4. The zero-order valence-corrected chi connectivity index (χ0v) is 5.97. The molecule has 0 aliphatic carbocycles. The van der Waals surface area contributed by atoms with Crippen LogP contribution in [0, 0.1) is 5.16 Å². The van der Waals surface area contributed by atoms with Gasteiger partial charge < -0.3 is 15.7 Å². The minimum absolute atomic E-state index is 0.361. The Morgan fingerprint density at radius 3 is 2.70 bits per heavy atom. The minimum atomic E-state index is -2.29. The maximum Gasteiger partial charge on any atom is 0.225 e. The monoisotopic (exact) mass is 162 g/mol. The molecule has 1 unspecified atom stereocenters. The summed E-state index contributed by atoms with van der Waals surface area (Å²) in [5, 5.41) is 15.1. The summed E-state index contributed by atoms with van der Waals surface area (Å²) in [6.07, 6.45) is -0.361. The van der Waals surface area contributed by atoms with Crippen molar-refractivity contribution in [3.63, 3.8) is 0 Å². The highest BCUT2D eigenvalue weighted by Gasteiger charge is 2.01. The number of rotatable bonds is 3. The molecule has 1 amide bonds. The quantitative estimate of drug-likeness (QED) is 0.394. The predicted octanol–water partition coefficient (Wildman–Crippen LogP) is -0.219. The molecular weight excluding hydrogens is 155 g/mol. The lowest BCUT2D eigenvalue weighted by Crippen LogP contribution is -2.10. The first-order valence-electron chi connectivity index (χ1n) is 2.38. The van der Waals surface area contributed by atoms with Gasteiger partial charge in [0.25, 0.3) is 0 Å². The summed E-state index contributed by atoms with van der Waals surface area (Å²) in [6.45, 7) is 0. The molecule has 0 spiro atoms. The second-order valence-corrected chi connectivity index (χ2v) is 2.50. The van der Waals surface area contributed by atoms with Gasteiger partial charge >= 0.3 is 0 Å². The fourth-order valence-corrected chi connectivity index (χ4v) is 0.721. The Morgan fingerprint density at radius 1 is 1.90 bits per heavy atom. The second kappa shape index (κ2) is 3.98. The first-order valence-corrected chi connectivity index (χ1v) is 3.71. The molecule has 0 saturated carbocycles. The van der Waals surface area contributed by atoms with Gasteiger partial charge in [-0.15, -0.1) is 5.16 Å². The topological polar surface area (TPSA) is 110 Å². The lowest BCUT2D eigenvalue weighted by molar-refractivity contribution is -0.153. The van der Waals surface area contributed by atoms with Gasteiger partial charge in [-0.05, 0) is 0 Å². The lowest BCUT2D eigenvalue weighted by Gasteiger charge is -1.90. The van der Waals surface area contributed by atoms with E-state index < -0.39 is 19.6 Å². The van der Waals surface area contributed by atoms with Crippen molar-refractivity contribution in [2.45, 2.75) is 6.42 Å². The van der Waals surface area contributed by atoms with Gasteiger partial charge in [0.2, 0.25) is 5.91 Å². The molecule has 0 bridgehead atoms. The van der Waals surface area contributed by atoms with Gasteiger partial charge in [-0.1, -0.05) is 0 Å². The molecule has 4 N–H and O–H groups in total. The SMILES string of the molecule is N=[P+]([O-])/C=C(/O)CC(N)=O. The van der Waals surface area contributed by atoms with E-state index in [9.17, 15) is 9.69 Å². The summed E-state index contributed by atoms with van der Waals surface area (Å²) in [5.41, 5.74) is 4.67. The molecule has 0 aromatic carbocycles. The van der Waals surface area contributed by atoms with E-state index in [2.05, 4.69) is 5.73 Å². The maximum atomic E-state index is 10.1. The van der Waals surface area contributed by atoms with Crippen molar-refractivity contribution < 1.29 is 14.8 Å². The third-order valence-corrected chi connectivity index (χ3v) is 1.15. The van der Waals surface area contributed by atoms with Crippen molar-refractivity contribution in [2.24, 2.45) is 5.73 Å². The van der Waals surface area contributed by atoms with Gasteiger partial charge in [0.1, 0.15) is 5.76 Å². The zero-order chi connectivity index (χ0) is 8.15. The molecule has 5 nitrogen and oxygen atoms in total. The predicted molar refractivity (Wildman–Crippen MR) is 34.2 cm³/mol.